The molecule has 2 aromatic carbocycles. The van der Waals surface area contributed by atoms with Gasteiger partial charge in [0, 0.05) is 38.4 Å². The number of terminal acetylenes is 1. The number of hydrogen-bond donors (Lipinski definition) is 0. The maximum Gasteiger partial charge on any atom is 0.257 e. The minimum absolute atomic E-state index is 0.123. The molecule has 4 rings (SSSR count). The fraction of sp³-hybridized carbons (Fsp3) is 0.444. The van der Waals surface area contributed by atoms with Gasteiger partial charge in [-0.05, 0) is 43.5 Å². The first-order valence-corrected chi connectivity index (χ1v) is 13.6. The summed E-state index contributed by atoms with van der Waals surface area (Å²) in [7, 11) is -3.69. The van der Waals surface area contributed by atoms with E-state index in [4.69, 9.17) is 11.2 Å². The molecule has 0 bridgehead atoms. The predicted molar refractivity (Wildman–Crippen MR) is 137 cm³/mol. The first-order chi connectivity index (χ1) is 16.9. The Morgan fingerprint density at radius 2 is 1.71 bits per heavy atom. The minimum atomic E-state index is -3.69. The van der Waals surface area contributed by atoms with Crippen LogP contribution in [0.4, 0.5) is 5.69 Å². The molecule has 35 heavy (non-hydrogen) atoms. The van der Waals surface area contributed by atoms with E-state index in [-0.39, 0.29) is 17.3 Å². The Morgan fingerprint density at radius 3 is 2.37 bits per heavy atom. The van der Waals surface area contributed by atoms with Crippen molar-refractivity contribution in [3.63, 3.8) is 0 Å². The lowest BCUT2D eigenvalue weighted by Gasteiger charge is -2.32. The first kappa shape index (κ1) is 25.2. The second-order valence-electron chi connectivity index (χ2n) is 9.09. The molecule has 0 aliphatic carbocycles. The molecule has 0 spiro atoms. The Balaban J connectivity index is 1.72. The summed E-state index contributed by atoms with van der Waals surface area (Å²) in [5.41, 5.74) is 3.16. The van der Waals surface area contributed by atoms with Crippen LogP contribution >= 0.6 is 0 Å². The molecule has 1 amide bonds. The van der Waals surface area contributed by atoms with Gasteiger partial charge < -0.3 is 14.5 Å². The number of sulfonamides is 1. The van der Waals surface area contributed by atoms with Gasteiger partial charge in [-0.1, -0.05) is 42.2 Å². The van der Waals surface area contributed by atoms with Crippen molar-refractivity contribution in [3.05, 3.63) is 59.2 Å². The molecule has 186 valence electrons. The molecule has 0 atom stereocenters. The quantitative estimate of drug-likeness (QED) is 0.552. The largest absolute Gasteiger partial charge is 0.378 e. The smallest absolute Gasteiger partial charge is 0.257 e. The standard InChI is InChI=1S/C27H33N3O4S/c1-3-13-29(21-23-9-7-22(2)8-10-23)27(31)25-20-24(35(32,33)30-14-5-4-6-15-30)11-12-26(25)28-16-18-34-19-17-28/h1,7-12,20H,4-6,13-19,21H2,2H3. The summed E-state index contributed by atoms with van der Waals surface area (Å²) in [5.74, 6) is 2.31. The number of aryl methyl sites for hydroxylation is 1. The topological polar surface area (TPSA) is 70.2 Å². The van der Waals surface area contributed by atoms with Gasteiger partial charge in [0.25, 0.3) is 5.91 Å². The molecular formula is C27H33N3O4S. The molecule has 8 heteroatoms. The number of benzene rings is 2. The number of amides is 1. The van der Waals surface area contributed by atoms with Gasteiger partial charge in [0.05, 0.1) is 30.2 Å². The Labute approximate surface area is 208 Å². The van der Waals surface area contributed by atoms with E-state index in [0.717, 1.165) is 30.4 Å². The Kier molecular flexibility index (Phi) is 8.11. The summed E-state index contributed by atoms with van der Waals surface area (Å²) in [5, 5.41) is 0. The highest BCUT2D eigenvalue weighted by molar-refractivity contribution is 7.89. The molecule has 2 heterocycles. The van der Waals surface area contributed by atoms with Crippen LogP contribution in [0.25, 0.3) is 0 Å². The molecule has 2 aliphatic rings. The molecule has 2 saturated heterocycles. The summed E-state index contributed by atoms with van der Waals surface area (Å²) < 4.78 is 33.8. The van der Waals surface area contributed by atoms with Crippen LogP contribution in [0.1, 0.15) is 40.7 Å². The van der Waals surface area contributed by atoms with Crippen molar-refractivity contribution in [2.24, 2.45) is 0 Å². The van der Waals surface area contributed by atoms with Crippen molar-refractivity contribution in [2.45, 2.75) is 37.6 Å². The molecule has 0 radical (unpaired) electrons. The second-order valence-corrected chi connectivity index (χ2v) is 11.0. The highest BCUT2D eigenvalue weighted by atomic mass is 32.2. The highest BCUT2D eigenvalue weighted by Crippen LogP contribution is 2.29. The third-order valence-electron chi connectivity index (χ3n) is 6.57. The summed E-state index contributed by atoms with van der Waals surface area (Å²) in [4.78, 5) is 17.7. The molecule has 0 unspecified atom stereocenters. The van der Waals surface area contributed by atoms with E-state index < -0.39 is 10.0 Å². The maximum absolute atomic E-state index is 13.9. The van der Waals surface area contributed by atoms with Crippen molar-refractivity contribution in [1.82, 2.24) is 9.21 Å². The maximum atomic E-state index is 13.9. The summed E-state index contributed by atoms with van der Waals surface area (Å²) in [6.07, 6.45) is 8.36. The van der Waals surface area contributed by atoms with Crippen molar-refractivity contribution in [1.29, 1.82) is 0 Å². The zero-order valence-electron chi connectivity index (χ0n) is 20.3. The van der Waals surface area contributed by atoms with Gasteiger partial charge in [0.15, 0.2) is 0 Å². The molecular weight excluding hydrogens is 462 g/mol. The molecule has 7 nitrogen and oxygen atoms in total. The average molecular weight is 496 g/mol. The number of anilines is 1. The van der Waals surface area contributed by atoms with Crippen molar-refractivity contribution >= 4 is 21.6 Å². The minimum Gasteiger partial charge on any atom is -0.378 e. The summed E-state index contributed by atoms with van der Waals surface area (Å²) in [6.45, 7) is 5.86. The van der Waals surface area contributed by atoms with Gasteiger partial charge in [-0.2, -0.15) is 4.31 Å². The Hall–Kier alpha value is -2.86. The van der Waals surface area contributed by atoms with Crippen LogP contribution in [0.3, 0.4) is 0 Å². The van der Waals surface area contributed by atoms with E-state index >= 15 is 0 Å². The Bertz CT molecular complexity index is 1180. The number of nitrogens with zero attached hydrogens (tertiary/aromatic N) is 3. The van der Waals surface area contributed by atoms with Crippen LogP contribution < -0.4 is 4.90 Å². The van der Waals surface area contributed by atoms with E-state index in [1.54, 1.807) is 17.0 Å². The number of hydrogen-bond acceptors (Lipinski definition) is 5. The van der Waals surface area contributed by atoms with Crippen molar-refractivity contribution < 1.29 is 17.9 Å². The number of morpholine rings is 1. The normalized spacial score (nSPS) is 17.1. The van der Waals surface area contributed by atoms with Crippen LogP contribution in [0.2, 0.25) is 0 Å². The number of ether oxygens (including phenoxy) is 1. The number of rotatable bonds is 7. The first-order valence-electron chi connectivity index (χ1n) is 12.2. The van der Waals surface area contributed by atoms with Gasteiger partial charge >= 0.3 is 0 Å². The second kappa shape index (κ2) is 11.3. The van der Waals surface area contributed by atoms with Crippen LogP contribution in [-0.4, -0.2) is 69.5 Å². The van der Waals surface area contributed by atoms with Crippen molar-refractivity contribution in [3.8, 4) is 12.3 Å². The van der Waals surface area contributed by atoms with Gasteiger partial charge in [-0.3, -0.25) is 4.79 Å². The summed E-state index contributed by atoms with van der Waals surface area (Å²) >= 11 is 0. The lowest BCUT2D eigenvalue weighted by molar-refractivity contribution is 0.0765. The monoisotopic (exact) mass is 495 g/mol. The third kappa shape index (κ3) is 5.87. The van der Waals surface area contributed by atoms with E-state index in [2.05, 4.69) is 10.8 Å². The lowest BCUT2D eigenvalue weighted by atomic mass is 10.1. The van der Waals surface area contributed by atoms with Crippen molar-refractivity contribution in [2.75, 3.05) is 50.8 Å². The zero-order chi connectivity index (χ0) is 24.8. The van der Waals surface area contributed by atoms with Crippen LogP contribution in [0, 0.1) is 19.3 Å². The lowest BCUT2D eigenvalue weighted by Crippen LogP contribution is -2.39. The highest BCUT2D eigenvalue weighted by Gasteiger charge is 2.30. The third-order valence-corrected chi connectivity index (χ3v) is 8.46. The number of carbonyl (C=O) groups excluding carboxylic acids is 1. The van der Waals surface area contributed by atoms with Gasteiger partial charge in [0.2, 0.25) is 10.0 Å². The SMILES string of the molecule is C#CCN(Cc1ccc(C)cc1)C(=O)c1cc(S(=O)(=O)N2CCCCC2)ccc1N1CCOCC1. The predicted octanol–water partition coefficient (Wildman–Crippen LogP) is 3.28. The molecule has 2 aliphatic heterocycles. The van der Waals surface area contributed by atoms with E-state index in [0.29, 0.717) is 57.2 Å². The Morgan fingerprint density at radius 1 is 1.03 bits per heavy atom. The molecule has 2 fully saturated rings. The molecule has 0 N–H and O–H groups in total. The number of carbonyl (C=O) groups is 1. The van der Waals surface area contributed by atoms with Crippen LogP contribution in [0.5, 0.6) is 0 Å². The van der Waals surface area contributed by atoms with Crippen LogP contribution in [0.15, 0.2) is 47.4 Å². The average Bonchev–Trinajstić information content (AvgIpc) is 2.90. The zero-order valence-corrected chi connectivity index (χ0v) is 21.1. The van der Waals surface area contributed by atoms with Gasteiger partial charge in [0.1, 0.15) is 0 Å². The molecule has 2 aromatic rings. The van der Waals surface area contributed by atoms with E-state index in [1.807, 2.05) is 31.2 Å². The molecule has 0 aromatic heterocycles. The van der Waals surface area contributed by atoms with E-state index in [1.165, 1.54) is 10.4 Å². The van der Waals surface area contributed by atoms with Gasteiger partial charge in [-0.15, -0.1) is 6.42 Å². The summed E-state index contributed by atoms with van der Waals surface area (Å²) in [6, 6.07) is 12.9. The van der Waals surface area contributed by atoms with Crippen LogP contribution in [-0.2, 0) is 21.3 Å². The fourth-order valence-electron chi connectivity index (χ4n) is 4.58. The number of piperidine rings is 1. The molecule has 0 saturated carbocycles. The van der Waals surface area contributed by atoms with Gasteiger partial charge in [-0.25, -0.2) is 8.42 Å². The fourth-order valence-corrected chi connectivity index (χ4v) is 6.12. The van der Waals surface area contributed by atoms with E-state index in [9.17, 15) is 13.2 Å².